The van der Waals surface area contributed by atoms with E-state index in [2.05, 4.69) is 10.4 Å². The second-order valence-corrected chi connectivity index (χ2v) is 5.76. The highest BCUT2D eigenvalue weighted by molar-refractivity contribution is 5.92. The highest BCUT2D eigenvalue weighted by Gasteiger charge is 2.31. The Morgan fingerprint density at radius 2 is 1.92 bits per heavy atom. The minimum absolute atomic E-state index is 0.0296. The fourth-order valence-electron chi connectivity index (χ4n) is 2.17. The Bertz CT molecular complexity index is 750. The maximum absolute atomic E-state index is 13.3. The molecule has 8 heteroatoms. The van der Waals surface area contributed by atoms with Crippen LogP contribution < -0.4 is 5.32 Å². The molecular formula is C16H17F4N3O. The van der Waals surface area contributed by atoms with Crippen LogP contribution in [-0.2, 0) is 19.8 Å². The third-order valence-electron chi connectivity index (χ3n) is 3.46. The van der Waals surface area contributed by atoms with E-state index in [0.717, 1.165) is 17.8 Å². The Kier molecular flexibility index (Phi) is 4.96. The van der Waals surface area contributed by atoms with Gasteiger partial charge in [-0.15, -0.1) is 0 Å². The van der Waals surface area contributed by atoms with Gasteiger partial charge >= 0.3 is 6.18 Å². The number of nitrogens with one attached hydrogen (secondary N) is 1. The van der Waals surface area contributed by atoms with Crippen molar-refractivity contribution in [2.24, 2.45) is 7.05 Å². The zero-order valence-corrected chi connectivity index (χ0v) is 13.4. The van der Waals surface area contributed by atoms with Crippen LogP contribution in [0.15, 0.2) is 24.3 Å². The molecule has 4 nitrogen and oxygen atoms in total. The molecule has 1 aromatic carbocycles. The number of hydrogen-bond donors (Lipinski definition) is 1. The van der Waals surface area contributed by atoms with E-state index < -0.39 is 23.5 Å². The molecule has 24 heavy (non-hydrogen) atoms. The summed E-state index contributed by atoms with van der Waals surface area (Å²) in [5, 5.41) is 6.67. The number of aromatic nitrogens is 2. The number of aryl methyl sites for hydroxylation is 1. The number of alkyl halides is 3. The third kappa shape index (κ3) is 4.12. The van der Waals surface area contributed by atoms with Gasteiger partial charge in [0.25, 0.3) is 5.91 Å². The summed E-state index contributed by atoms with van der Waals surface area (Å²) in [5.41, 5.74) is -0.0461. The van der Waals surface area contributed by atoms with Gasteiger partial charge in [0.15, 0.2) is 0 Å². The summed E-state index contributed by atoms with van der Waals surface area (Å²) in [7, 11) is 1.60. The number of rotatable bonds is 4. The van der Waals surface area contributed by atoms with Gasteiger partial charge in [-0.2, -0.15) is 18.3 Å². The van der Waals surface area contributed by atoms with E-state index in [1.807, 2.05) is 13.8 Å². The molecule has 1 heterocycles. The molecule has 2 aromatic rings. The van der Waals surface area contributed by atoms with E-state index in [1.54, 1.807) is 13.1 Å². The molecule has 0 aliphatic rings. The van der Waals surface area contributed by atoms with Gasteiger partial charge < -0.3 is 5.32 Å². The molecule has 0 radical (unpaired) electrons. The summed E-state index contributed by atoms with van der Waals surface area (Å²) in [5.74, 6) is -1.36. The van der Waals surface area contributed by atoms with Gasteiger partial charge in [0.05, 0.1) is 11.3 Å². The second kappa shape index (κ2) is 6.62. The van der Waals surface area contributed by atoms with E-state index in [4.69, 9.17) is 0 Å². The van der Waals surface area contributed by atoms with Crippen molar-refractivity contribution in [1.82, 2.24) is 15.1 Å². The van der Waals surface area contributed by atoms with E-state index in [0.29, 0.717) is 6.07 Å². The molecule has 0 unspecified atom stereocenters. The van der Waals surface area contributed by atoms with E-state index in [1.165, 1.54) is 4.68 Å². The molecule has 0 atom stereocenters. The molecule has 2 rings (SSSR count). The molecule has 0 aliphatic heterocycles. The molecule has 0 saturated heterocycles. The molecule has 0 aliphatic carbocycles. The lowest BCUT2D eigenvalue weighted by Crippen LogP contribution is -2.25. The van der Waals surface area contributed by atoms with Crippen molar-refractivity contribution in [2.45, 2.75) is 32.5 Å². The minimum Gasteiger partial charge on any atom is -0.347 e. The summed E-state index contributed by atoms with van der Waals surface area (Å²) in [4.78, 5) is 12.2. The maximum atomic E-state index is 13.3. The topological polar surface area (TPSA) is 46.9 Å². The first-order valence-electron chi connectivity index (χ1n) is 7.26. The van der Waals surface area contributed by atoms with Crippen LogP contribution in [0.2, 0.25) is 0 Å². The Morgan fingerprint density at radius 1 is 1.25 bits per heavy atom. The molecular weight excluding hydrogens is 326 g/mol. The highest BCUT2D eigenvalue weighted by Crippen LogP contribution is 2.30. The summed E-state index contributed by atoms with van der Waals surface area (Å²) >= 11 is 0. The van der Waals surface area contributed by atoms with Crippen LogP contribution in [0.5, 0.6) is 0 Å². The first kappa shape index (κ1) is 18.0. The average molecular weight is 343 g/mol. The monoisotopic (exact) mass is 343 g/mol. The molecule has 1 N–H and O–H groups in total. The standard InChI is InChI=1S/C16H17F4N3O/c1-9(2)13-7-14(23(3)22-13)15(24)21-8-10-4-11(16(18,19)20)6-12(17)5-10/h4-7,9H,8H2,1-3H3,(H,21,24). The van der Waals surface area contributed by atoms with Crippen LogP contribution in [-0.4, -0.2) is 15.7 Å². The lowest BCUT2D eigenvalue weighted by atomic mass is 10.1. The maximum Gasteiger partial charge on any atom is 0.416 e. The lowest BCUT2D eigenvalue weighted by Gasteiger charge is -2.10. The number of hydrogen-bond acceptors (Lipinski definition) is 2. The van der Waals surface area contributed by atoms with Crippen molar-refractivity contribution in [3.8, 4) is 0 Å². The van der Waals surface area contributed by atoms with Crippen molar-refractivity contribution in [3.63, 3.8) is 0 Å². The summed E-state index contributed by atoms with van der Waals surface area (Å²) < 4.78 is 52.8. The predicted octanol–water partition coefficient (Wildman–Crippen LogP) is 3.63. The SMILES string of the molecule is CC(C)c1cc(C(=O)NCc2cc(F)cc(C(F)(F)F)c2)n(C)n1. The Balaban J connectivity index is 2.13. The van der Waals surface area contributed by atoms with Gasteiger partial charge in [-0.1, -0.05) is 13.8 Å². The number of carbonyl (C=O) groups is 1. The molecule has 0 saturated carbocycles. The Morgan fingerprint density at radius 3 is 2.46 bits per heavy atom. The van der Waals surface area contributed by atoms with Crippen LogP contribution in [0.3, 0.4) is 0 Å². The number of amides is 1. The van der Waals surface area contributed by atoms with Gasteiger partial charge in [-0.05, 0) is 35.7 Å². The van der Waals surface area contributed by atoms with Crippen molar-refractivity contribution in [2.75, 3.05) is 0 Å². The zero-order valence-electron chi connectivity index (χ0n) is 13.4. The fraction of sp³-hybridized carbons (Fsp3) is 0.375. The Hall–Kier alpha value is -2.38. The fourth-order valence-corrected chi connectivity index (χ4v) is 2.17. The van der Waals surface area contributed by atoms with Crippen LogP contribution in [0.25, 0.3) is 0 Å². The van der Waals surface area contributed by atoms with Gasteiger partial charge in [0.2, 0.25) is 0 Å². The molecule has 0 spiro atoms. The van der Waals surface area contributed by atoms with Crippen molar-refractivity contribution >= 4 is 5.91 Å². The lowest BCUT2D eigenvalue weighted by molar-refractivity contribution is -0.137. The summed E-state index contributed by atoms with van der Waals surface area (Å²) in [6, 6.07) is 3.80. The van der Waals surface area contributed by atoms with Crippen LogP contribution in [0.4, 0.5) is 17.6 Å². The van der Waals surface area contributed by atoms with Crippen molar-refractivity contribution in [3.05, 3.63) is 52.6 Å². The van der Waals surface area contributed by atoms with Gasteiger partial charge in [-0.3, -0.25) is 9.48 Å². The number of carbonyl (C=O) groups excluding carboxylic acids is 1. The van der Waals surface area contributed by atoms with Gasteiger partial charge in [-0.25, -0.2) is 4.39 Å². The number of benzene rings is 1. The van der Waals surface area contributed by atoms with Crippen molar-refractivity contribution < 1.29 is 22.4 Å². The zero-order chi connectivity index (χ0) is 18.1. The van der Waals surface area contributed by atoms with Crippen molar-refractivity contribution in [1.29, 1.82) is 0 Å². The third-order valence-corrected chi connectivity index (χ3v) is 3.46. The molecule has 0 bridgehead atoms. The van der Waals surface area contributed by atoms with Gasteiger partial charge in [0.1, 0.15) is 11.5 Å². The summed E-state index contributed by atoms with van der Waals surface area (Å²) in [6.45, 7) is 3.63. The minimum atomic E-state index is -4.64. The molecule has 130 valence electrons. The van der Waals surface area contributed by atoms with E-state index >= 15 is 0 Å². The van der Waals surface area contributed by atoms with E-state index in [9.17, 15) is 22.4 Å². The van der Waals surface area contributed by atoms with Crippen LogP contribution in [0, 0.1) is 5.82 Å². The Labute approximate surface area is 136 Å². The number of halogens is 4. The van der Waals surface area contributed by atoms with E-state index in [-0.39, 0.29) is 23.7 Å². The first-order chi connectivity index (χ1) is 11.1. The predicted molar refractivity (Wildman–Crippen MR) is 79.9 cm³/mol. The highest BCUT2D eigenvalue weighted by atomic mass is 19.4. The molecule has 1 amide bonds. The normalized spacial score (nSPS) is 11.8. The largest absolute Gasteiger partial charge is 0.416 e. The quantitative estimate of drug-likeness (QED) is 0.862. The van der Waals surface area contributed by atoms with Crippen LogP contribution >= 0.6 is 0 Å². The smallest absolute Gasteiger partial charge is 0.347 e. The number of nitrogens with zero attached hydrogens (tertiary/aromatic N) is 2. The second-order valence-electron chi connectivity index (χ2n) is 5.76. The summed E-state index contributed by atoms with van der Waals surface area (Å²) in [6.07, 6.45) is -4.64. The van der Waals surface area contributed by atoms with Crippen LogP contribution in [0.1, 0.15) is 47.1 Å². The average Bonchev–Trinajstić information content (AvgIpc) is 2.85. The molecule has 1 aromatic heterocycles. The van der Waals surface area contributed by atoms with Gasteiger partial charge in [0, 0.05) is 13.6 Å². The first-order valence-corrected chi connectivity index (χ1v) is 7.26. The molecule has 0 fully saturated rings.